The maximum atomic E-state index is 14.0. The molecule has 1 N–H and O–H groups in total. The van der Waals surface area contributed by atoms with Crippen molar-refractivity contribution in [2.75, 3.05) is 7.05 Å². The molecule has 5 heteroatoms. The number of hydrogen-bond acceptors (Lipinski definition) is 2. The van der Waals surface area contributed by atoms with E-state index < -0.39 is 0 Å². The fraction of sp³-hybridized carbons (Fsp3) is 0.357. The number of aryl methyl sites for hydroxylation is 2. The zero-order chi connectivity index (χ0) is 13.8. The van der Waals surface area contributed by atoms with Gasteiger partial charge in [0.15, 0.2) is 0 Å². The van der Waals surface area contributed by atoms with Crippen LogP contribution in [0.2, 0.25) is 5.02 Å². The van der Waals surface area contributed by atoms with E-state index in [2.05, 4.69) is 10.4 Å². The van der Waals surface area contributed by atoms with Crippen LogP contribution in [0.1, 0.15) is 23.6 Å². The molecule has 0 spiro atoms. The van der Waals surface area contributed by atoms with E-state index >= 15 is 0 Å². The highest BCUT2D eigenvalue weighted by molar-refractivity contribution is 6.30. The lowest BCUT2D eigenvalue weighted by Gasteiger charge is -2.17. The summed E-state index contributed by atoms with van der Waals surface area (Å²) in [5.41, 5.74) is 1.75. The van der Waals surface area contributed by atoms with Gasteiger partial charge in [0.25, 0.3) is 0 Å². The van der Waals surface area contributed by atoms with Gasteiger partial charge in [0.1, 0.15) is 5.82 Å². The predicted octanol–water partition coefficient (Wildman–Crippen LogP) is 3.11. The molecule has 0 fully saturated rings. The molecule has 0 aliphatic heterocycles. The first-order chi connectivity index (χ1) is 9.11. The Kier molecular flexibility index (Phi) is 4.56. The molecular formula is C14H17ClFN3. The van der Waals surface area contributed by atoms with Crippen molar-refractivity contribution < 1.29 is 4.39 Å². The Morgan fingerprint density at radius 2 is 2.26 bits per heavy atom. The minimum atomic E-state index is -0.338. The molecule has 2 aromatic rings. The summed E-state index contributed by atoms with van der Waals surface area (Å²) in [5.74, 6) is -0.338. The van der Waals surface area contributed by atoms with Crippen LogP contribution in [0.4, 0.5) is 4.39 Å². The first kappa shape index (κ1) is 14.0. The van der Waals surface area contributed by atoms with Gasteiger partial charge in [-0.2, -0.15) is 5.10 Å². The van der Waals surface area contributed by atoms with Crippen molar-refractivity contribution >= 4 is 11.6 Å². The normalized spacial score (nSPS) is 12.6. The van der Waals surface area contributed by atoms with Gasteiger partial charge < -0.3 is 5.32 Å². The van der Waals surface area contributed by atoms with Crippen molar-refractivity contribution in [3.05, 3.63) is 52.6 Å². The smallest absolute Gasteiger partial charge is 0.146 e. The van der Waals surface area contributed by atoms with E-state index in [4.69, 9.17) is 11.6 Å². The van der Waals surface area contributed by atoms with E-state index in [1.165, 1.54) is 0 Å². The van der Waals surface area contributed by atoms with Gasteiger partial charge in [-0.05, 0) is 31.5 Å². The van der Waals surface area contributed by atoms with Crippen LogP contribution >= 0.6 is 11.6 Å². The Hall–Kier alpha value is -1.39. The summed E-state index contributed by atoms with van der Waals surface area (Å²) < 4.78 is 15.7. The van der Waals surface area contributed by atoms with Crippen molar-refractivity contribution in [3.8, 4) is 0 Å². The number of aromatic nitrogens is 2. The highest BCUT2D eigenvalue weighted by Gasteiger charge is 2.16. The number of halogens is 2. The minimum absolute atomic E-state index is 0.0566. The average Bonchev–Trinajstić information content (AvgIpc) is 2.81. The number of hydrogen-bond donors (Lipinski definition) is 1. The zero-order valence-electron chi connectivity index (χ0n) is 11.0. The third kappa shape index (κ3) is 3.33. The second-order valence-electron chi connectivity index (χ2n) is 4.55. The monoisotopic (exact) mass is 281 g/mol. The van der Waals surface area contributed by atoms with E-state index in [0.717, 1.165) is 18.4 Å². The molecular weight excluding hydrogens is 265 g/mol. The Balaban J connectivity index is 2.09. The number of rotatable bonds is 5. The second kappa shape index (κ2) is 6.17. The predicted molar refractivity (Wildman–Crippen MR) is 74.7 cm³/mol. The van der Waals surface area contributed by atoms with E-state index in [0.29, 0.717) is 5.56 Å². The van der Waals surface area contributed by atoms with E-state index in [1.807, 2.05) is 26.5 Å². The molecule has 2 rings (SSSR count). The lowest BCUT2D eigenvalue weighted by molar-refractivity contribution is 0.509. The molecule has 19 heavy (non-hydrogen) atoms. The quantitative estimate of drug-likeness (QED) is 0.913. The van der Waals surface area contributed by atoms with Gasteiger partial charge in [0.2, 0.25) is 0 Å². The maximum Gasteiger partial charge on any atom is 0.146 e. The van der Waals surface area contributed by atoms with Crippen molar-refractivity contribution in [3.63, 3.8) is 0 Å². The third-order valence-corrected chi connectivity index (χ3v) is 3.48. The molecule has 1 aromatic carbocycles. The highest BCUT2D eigenvalue weighted by Crippen LogP contribution is 2.26. The van der Waals surface area contributed by atoms with Crippen LogP contribution in [0.3, 0.4) is 0 Å². The molecule has 0 bridgehead atoms. The van der Waals surface area contributed by atoms with Gasteiger partial charge in [-0.3, -0.25) is 4.68 Å². The van der Waals surface area contributed by atoms with Gasteiger partial charge >= 0.3 is 0 Å². The van der Waals surface area contributed by atoms with Gasteiger partial charge in [-0.25, -0.2) is 4.39 Å². The van der Waals surface area contributed by atoms with Crippen LogP contribution in [0, 0.1) is 5.82 Å². The van der Waals surface area contributed by atoms with Gasteiger partial charge in [0.05, 0.1) is 11.2 Å². The lowest BCUT2D eigenvalue weighted by Crippen LogP contribution is -2.18. The Labute approximate surface area is 117 Å². The average molecular weight is 282 g/mol. The summed E-state index contributed by atoms with van der Waals surface area (Å²) in [7, 11) is 3.71. The molecule has 0 saturated carbocycles. The Morgan fingerprint density at radius 1 is 1.47 bits per heavy atom. The summed E-state index contributed by atoms with van der Waals surface area (Å²) in [6.07, 6.45) is 5.44. The number of nitrogens with zero attached hydrogens (tertiary/aromatic N) is 2. The molecule has 1 unspecified atom stereocenters. The van der Waals surface area contributed by atoms with Gasteiger partial charge in [-0.1, -0.05) is 23.7 Å². The minimum Gasteiger partial charge on any atom is -0.313 e. The number of nitrogens with one attached hydrogen (secondary N) is 1. The van der Waals surface area contributed by atoms with E-state index in [-0.39, 0.29) is 16.9 Å². The SMILES string of the molecule is CNC(CCc1cnn(C)c1)c1cccc(Cl)c1F. The Bertz CT molecular complexity index is 553. The van der Waals surface area contributed by atoms with Crippen LogP contribution in [-0.4, -0.2) is 16.8 Å². The van der Waals surface area contributed by atoms with Crippen LogP contribution < -0.4 is 5.32 Å². The fourth-order valence-electron chi connectivity index (χ4n) is 2.16. The maximum absolute atomic E-state index is 14.0. The topological polar surface area (TPSA) is 29.9 Å². The molecule has 3 nitrogen and oxygen atoms in total. The molecule has 1 aromatic heterocycles. The van der Waals surface area contributed by atoms with Crippen molar-refractivity contribution in [2.24, 2.45) is 7.05 Å². The fourth-order valence-corrected chi connectivity index (χ4v) is 2.34. The van der Waals surface area contributed by atoms with Crippen molar-refractivity contribution in [1.29, 1.82) is 0 Å². The van der Waals surface area contributed by atoms with Crippen LogP contribution in [-0.2, 0) is 13.5 Å². The standard InChI is InChI=1S/C14H17ClFN3/c1-17-13(7-6-10-8-18-19(2)9-10)11-4-3-5-12(15)14(11)16/h3-5,8-9,13,17H,6-7H2,1-2H3. The van der Waals surface area contributed by atoms with Gasteiger partial charge in [-0.15, -0.1) is 0 Å². The lowest BCUT2D eigenvalue weighted by atomic mass is 10.00. The van der Waals surface area contributed by atoms with Gasteiger partial charge in [0, 0.05) is 24.8 Å². The molecule has 0 aliphatic carbocycles. The highest BCUT2D eigenvalue weighted by atomic mass is 35.5. The summed E-state index contributed by atoms with van der Waals surface area (Å²) >= 11 is 5.82. The van der Waals surface area contributed by atoms with E-state index in [1.54, 1.807) is 22.9 Å². The third-order valence-electron chi connectivity index (χ3n) is 3.19. The summed E-state index contributed by atoms with van der Waals surface area (Å²) in [5, 5.41) is 7.43. The molecule has 1 heterocycles. The first-order valence-corrected chi connectivity index (χ1v) is 6.58. The molecule has 0 aliphatic rings. The van der Waals surface area contributed by atoms with Crippen LogP contribution in [0.5, 0.6) is 0 Å². The second-order valence-corrected chi connectivity index (χ2v) is 4.95. The summed E-state index contributed by atoms with van der Waals surface area (Å²) in [6, 6.07) is 5.05. The molecule has 1 atom stereocenters. The summed E-state index contributed by atoms with van der Waals surface area (Å²) in [6.45, 7) is 0. The molecule has 0 radical (unpaired) electrons. The van der Waals surface area contributed by atoms with Crippen molar-refractivity contribution in [1.82, 2.24) is 15.1 Å². The zero-order valence-corrected chi connectivity index (χ0v) is 11.8. The Morgan fingerprint density at radius 3 is 2.89 bits per heavy atom. The van der Waals surface area contributed by atoms with Crippen LogP contribution in [0.25, 0.3) is 0 Å². The first-order valence-electron chi connectivity index (χ1n) is 6.20. The molecule has 0 amide bonds. The molecule has 102 valence electrons. The molecule has 0 saturated heterocycles. The van der Waals surface area contributed by atoms with Crippen molar-refractivity contribution in [2.45, 2.75) is 18.9 Å². The van der Waals surface area contributed by atoms with Crippen LogP contribution in [0.15, 0.2) is 30.6 Å². The van der Waals surface area contributed by atoms with E-state index in [9.17, 15) is 4.39 Å². The summed E-state index contributed by atoms with van der Waals surface area (Å²) in [4.78, 5) is 0. The largest absolute Gasteiger partial charge is 0.313 e. The number of benzene rings is 1.